The molecule has 0 aromatic heterocycles. The quantitative estimate of drug-likeness (QED) is 0.0246. The van der Waals surface area contributed by atoms with Crippen molar-refractivity contribution in [3.8, 4) is 17.6 Å². The van der Waals surface area contributed by atoms with Crippen LogP contribution >= 0.6 is 47.0 Å². The first-order valence-corrected chi connectivity index (χ1v) is 25.6. The minimum absolute atomic E-state index is 0.0825. The zero-order chi connectivity index (χ0) is 48.2. The van der Waals surface area contributed by atoms with Crippen molar-refractivity contribution >= 4 is 82.7 Å². The molecule has 1 fully saturated rings. The zero-order valence-electron chi connectivity index (χ0n) is 38.2. The van der Waals surface area contributed by atoms with E-state index in [-0.39, 0.29) is 58.8 Å². The number of nitrogens with zero attached hydrogens (tertiary/aromatic N) is 3. The summed E-state index contributed by atoms with van der Waals surface area (Å²) in [5.41, 5.74) is 1.35. The Bertz CT molecular complexity index is 2390. The molecule has 0 spiro atoms. The molecule has 352 valence electrons. The molecule has 0 N–H and O–H groups in total. The van der Waals surface area contributed by atoms with Gasteiger partial charge in [0.1, 0.15) is 24.9 Å². The van der Waals surface area contributed by atoms with E-state index in [1.165, 1.54) is 16.9 Å². The van der Waals surface area contributed by atoms with Gasteiger partial charge in [0.2, 0.25) is 0 Å². The van der Waals surface area contributed by atoms with Crippen molar-refractivity contribution in [3.63, 3.8) is 0 Å². The van der Waals surface area contributed by atoms with Gasteiger partial charge in [-0.05, 0) is 43.7 Å². The Balaban J connectivity index is 1.49. The smallest absolute Gasteiger partial charge is 0.350 e. The second-order valence-corrected chi connectivity index (χ2v) is 20.5. The van der Waals surface area contributed by atoms with Gasteiger partial charge < -0.3 is 18.9 Å². The molecule has 2 atom stereocenters. The third-order valence-electron chi connectivity index (χ3n) is 11.0. The van der Waals surface area contributed by atoms with Crippen LogP contribution in [0.15, 0.2) is 112 Å². The number of thioether (sulfide) groups is 4. The maximum Gasteiger partial charge on any atom is 0.350 e. The highest BCUT2D eigenvalue weighted by atomic mass is 32.2. The number of unbranched alkanes of at least 4 members (excludes halogenated alkanes) is 2. The fraction of sp³-hybridized carbons (Fsp3) is 0.380. The van der Waals surface area contributed by atoms with Crippen molar-refractivity contribution in [2.75, 3.05) is 13.2 Å². The maximum absolute atomic E-state index is 14.7. The lowest BCUT2D eigenvalue weighted by atomic mass is 10.00. The highest BCUT2D eigenvalue weighted by Gasteiger charge is 2.47. The van der Waals surface area contributed by atoms with Crippen LogP contribution in [-0.2, 0) is 51.3 Å². The average molecular weight is 984 g/mol. The lowest BCUT2D eigenvalue weighted by Gasteiger charge is -2.27. The lowest BCUT2D eigenvalue weighted by Crippen LogP contribution is -2.39. The number of rotatable bonds is 21. The van der Waals surface area contributed by atoms with E-state index in [0.717, 1.165) is 83.9 Å². The van der Waals surface area contributed by atoms with Crippen LogP contribution in [0.3, 0.4) is 0 Å². The van der Waals surface area contributed by atoms with E-state index in [4.69, 9.17) is 18.9 Å². The van der Waals surface area contributed by atoms with Gasteiger partial charge in [-0.3, -0.25) is 19.2 Å². The molecule has 2 amide bonds. The molecule has 13 nitrogen and oxygen atoms in total. The van der Waals surface area contributed by atoms with E-state index in [0.29, 0.717) is 49.5 Å². The monoisotopic (exact) mass is 983 g/mol. The van der Waals surface area contributed by atoms with Crippen LogP contribution in [0, 0.1) is 23.2 Å². The summed E-state index contributed by atoms with van der Waals surface area (Å²) in [6, 6.07) is 20.7. The highest BCUT2D eigenvalue weighted by molar-refractivity contribution is 8.26. The molecule has 0 bridgehead atoms. The summed E-state index contributed by atoms with van der Waals surface area (Å²) in [6.45, 7) is 12.5. The van der Waals surface area contributed by atoms with Crippen LogP contribution in [0.4, 0.5) is 0 Å². The molecule has 1 saturated heterocycles. The lowest BCUT2D eigenvalue weighted by molar-refractivity contribution is -0.149. The number of ether oxygens (including phenoxy) is 4. The molecule has 3 heterocycles. The van der Waals surface area contributed by atoms with Crippen LogP contribution < -0.4 is 9.47 Å². The maximum atomic E-state index is 14.7. The summed E-state index contributed by atoms with van der Waals surface area (Å²) in [4.78, 5) is 84.5. The Kier molecular flexibility index (Phi) is 18.3. The average Bonchev–Trinajstić information content (AvgIpc) is 4.02. The first kappa shape index (κ1) is 51.0. The third kappa shape index (κ3) is 12.0. The number of benzene rings is 3. The van der Waals surface area contributed by atoms with Gasteiger partial charge in [0.25, 0.3) is 11.8 Å². The number of hydrazine groups is 1. The molecule has 3 aromatic carbocycles. The number of amides is 2. The number of nitriles is 1. The Morgan fingerprint density at radius 3 is 1.46 bits per heavy atom. The van der Waals surface area contributed by atoms with Crippen molar-refractivity contribution < 1.29 is 47.7 Å². The Hall–Kier alpha value is -5.41. The van der Waals surface area contributed by atoms with Gasteiger partial charge >= 0.3 is 23.9 Å². The number of carbonyl (C=O) groups is 6. The van der Waals surface area contributed by atoms with E-state index in [1.807, 2.05) is 94.4 Å². The van der Waals surface area contributed by atoms with Crippen LogP contribution in [0.2, 0.25) is 0 Å². The molecule has 3 aliphatic rings. The number of hydrogen-bond donors (Lipinski definition) is 0. The number of esters is 4. The van der Waals surface area contributed by atoms with Gasteiger partial charge in [0.05, 0.1) is 53.0 Å². The molecule has 2 unspecified atom stereocenters. The topological polar surface area (TPSA) is 170 Å². The predicted octanol–water partition coefficient (Wildman–Crippen LogP) is 10.9. The molecule has 3 aliphatic heterocycles. The molecule has 6 rings (SSSR count). The van der Waals surface area contributed by atoms with Gasteiger partial charge in [-0.2, -0.15) is 5.26 Å². The SMILES string of the molecule is C=C(C)C(=O)OCCOC(=O)C(C#N)=C1Sc2c(OC(=O)C(CC)CCCC)c3c(c(OC(=O)C(CC)CCCC)c2S1)SC(=C1C(=O)N(Cc2ccccc2)N(Cc2ccccc2)C1=O)S3. The first-order chi connectivity index (χ1) is 32.3. The van der Waals surface area contributed by atoms with Gasteiger partial charge in [-0.15, -0.1) is 0 Å². The molecule has 0 saturated carbocycles. The molecule has 3 aromatic rings. The summed E-state index contributed by atoms with van der Waals surface area (Å²) in [7, 11) is 0. The molecule has 0 radical (unpaired) electrons. The van der Waals surface area contributed by atoms with Gasteiger partial charge in [-0.25, -0.2) is 19.6 Å². The molecular weight excluding hydrogens is 931 g/mol. The number of carbonyl (C=O) groups excluding carboxylic acids is 6. The Morgan fingerprint density at radius 2 is 1.07 bits per heavy atom. The van der Waals surface area contributed by atoms with Gasteiger partial charge in [-0.1, -0.05) is 168 Å². The highest BCUT2D eigenvalue weighted by Crippen LogP contribution is 2.69. The van der Waals surface area contributed by atoms with Crippen molar-refractivity contribution in [2.45, 2.75) is 119 Å². The van der Waals surface area contributed by atoms with Crippen molar-refractivity contribution in [2.24, 2.45) is 11.8 Å². The Morgan fingerprint density at radius 1 is 0.657 bits per heavy atom. The largest absolute Gasteiger partial charge is 0.459 e. The molecule has 67 heavy (non-hydrogen) atoms. The van der Waals surface area contributed by atoms with Crippen molar-refractivity contribution in [1.29, 1.82) is 5.26 Å². The number of fused-ring (bicyclic) bond motifs is 2. The number of hydrogen-bond acceptors (Lipinski definition) is 15. The van der Waals surface area contributed by atoms with E-state index in [2.05, 4.69) is 6.58 Å². The first-order valence-electron chi connectivity index (χ1n) is 22.3. The standard InChI is InChI=1S/C50H53N3O10S4/c1-7-11-23-33(9-3)46(57)62-37-39-40(65-49(64-39)35(27-51)48(59)61-26-25-60-45(56)30(5)6)38(63-47(58)34(10-4)24-12-8-2)42-41(37)66-50(67-42)36-43(54)52(28-31-19-15-13-16-20-31)53(44(36)55)29-32-21-17-14-18-22-32/h13-22,33-34H,5,7-12,23-26,28-29H2,1-4,6H3. The fourth-order valence-corrected chi connectivity index (χ4v) is 12.7. The Labute approximate surface area is 408 Å². The normalized spacial score (nSPS) is 14.9. The van der Waals surface area contributed by atoms with E-state index in [1.54, 1.807) is 0 Å². The van der Waals surface area contributed by atoms with E-state index < -0.39 is 47.5 Å². The summed E-state index contributed by atoms with van der Waals surface area (Å²) in [5, 5.41) is 13.2. The summed E-state index contributed by atoms with van der Waals surface area (Å²) in [5.74, 6) is -4.39. The summed E-state index contributed by atoms with van der Waals surface area (Å²) in [6.07, 6.45) is 5.47. The van der Waals surface area contributed by atoms with Crippen LogP contribution in [-0.4, -0.2) is 58.9 Å². The van der Waals surface area contributed by atoms with Gasteiger partial charge in [0, 0.05) is 5.57 Å². The summed E-state index contributed by atoms with van der Waals surface area (Å²) >= 11 is 4.13. The van der Waals surface area contributed by atoms with Crippen molar-refractivity contribution in [1.82, 2.24) is 10.0 Å². The third-order valence-corrected chi connectivity index (χ3v) is 16.2. The summed E-state index contributed by atoms with van der Waals surface area (Å²) < 4.78 is 23.7. The van der Waals surface area contributed by atoms with Crippen LogP contribution in [0.5, 0.6) is 11.5 Å². The van der Waals surface area contributed by atoms with E-state index >= 15 is 0 Å². The fourth-order valence-electron chi connectivity index (χ4n) is 7.25. The molecule has 17 heteroatoms. The predicted molar refractivity (Wildman–Crippen MR) is 258 cm³/mol. The van der Waals surface area contributed by atoms with Crippen molar-refractivity contribution in [3.05, 3.63) is 104 Å². The van der Waals surface area contributed by atoms with Crippen LogP contribution in [0.25, 0.3) is 0 Å². The second-order valence-electron chi connectivity index (χ2n) is 15.9. The van der Waals surface area contributed by atoms with E-state index in [9.17, 15) is 34.0 Å². The second kappa shape index (κ2) is 24.0. The minimum atomic E-state index is -0.980. The van der Waals surface area contributed by atoms with Crippen LogP contribution in [0.1, 0.15) is 97.1 Å². The van der Waals surface area contributed by atoms with Gasteiger partial charge in [0.15, 0.2) is 17.1 Å². The molecule has 0 aliphatic carbocycles. The minimum Gasteiger partial charge on any atom is -0.459 e. The zero-order valence-corrected chi connectivity index (χ0v) is 41.4. The molecular formula is C50H53N3O10S4.